The summed E-state index contributed by atoms with van der Waals surface area (Å²) in [4.78, 5) is 0. The third kappa shape index (κ3) is 4.14. The first-order chi connectivity index (χ1) is 13.2. The molecule has 0 saturated carbocycles. The third-order valence-corrected chi connectivity index (χ3v) is 7.79. The maximum atomic E-state index is 12.2. The fourth-order valence-electron chi connectivity index (χ4n) is 2.25. The van der Waals surface area contributed by atoms with Crippen molar-refractivity contribution >= 4 is 50.4 Å². The van der Waals surface area contributed by atoms with Crippen molar-refractivity contribution in [3.05, 3.63) is 29.0 Å². The smallest absolute Gasteiger partial charge is 0.255 e. The van der Waals surface area contributed by atoms with Gasteiger partial charge in [0.25, 0.3) is 10.0 Å². The molecule has 0 spiro atoms. The zero-order valence-electron chi connectivity index (χ0n) is 15.8. The number of hydrogen-bond donors (Lipinski definition) is 3. The van der Waals surface area contributed by atoms with Crippen LogP contribution in [0.1, 0.15) is 31.1 Å². The van der Waals surface area contributed by atoms with Crippen molar-refractivity contribution in [2.24, 2.45) is 0 Å². The van der Waals surface area contributed by atoms with Crippen LogP contribution in [0.15, 0.2) is 26.3 Å². The lowest BCUT2D eigenvalue weighted by molar-refractivity contribution is 0.460. The Labute approximate surface area is 171 Å². The van der Waals surface area contributed by atoms with Crippen LogP contribution in [0, 0.1) is 0 Å². The van der Waals surface area contributed by atoms with Crippen molar-refractivity contribution < 1.29 is 17.9 Å². The van der Waals surface area contributed by atoms with Crippen molar-refractivity contribution in [1.82, 2.24) is 13.1 Å². The van der Waals surface area contributed by atoms with Crippen LogP contribution in [0.4, 0.5) is 17.3 Å². The van der Waals surface area contributed by atoms with E-state index in [1.165, 1.54) is 19.5 Å². The molecule has 3 N–H and O–H groups in total. The van der Waals surface area contributed by atoms with E-state index >= 15 is 0 Å². The van der Waals surface area contributed by atoms with Gasteiger partial charge in [-0.3, -0.25) is 0 Å². The molecule has 9 nitrogen and oxygen atoms in total. The normalized spacial score (nSPS) is 12.1. The number of hydrogen-bond acceptors (Lipinski definition) is 10. The van der Waals surface area contributed by atoms with Gasteiger partial charge in [-0.25, -0.2) is 12.7 Å². The average molecular weight is 444 g/mol. The first-order valence-electron chi connectivity index (χ1n) is 8.34. The van der Waals surface area contributed by atoms with E-state index in [-0.39, 0.29) is 15.6 Å². The average Bonchev–Trinajstić information content (AvgIpc) is 3.34. The number of rotatable bonds is 8. The van der Waals surface area contributed by atoms with Crippen LogP contribution < -0.4 is 10.6 Å². The van der Waals surface area contributed by atoms with Gasteiger partial charge in [0.2, 0.25) is 0 Å². The summed E-state index contributed by atoms with van der Waals surface area (Å²) >= 11 is 1.93. The molecule has 0 fully saturated rings. The van der Waals surface area contributed by atoms with Crippen molar-refractivity contribution in [2.75, 3.05) is 24.7 Å². The summed E-state index contributed by atoms with van der Waals surface area (Å²) in [6, 6.07) is 1.98. The molecule has 0 atom stereocenters. The van der Waals surface area contributed by atoms with Crippen LogP contribution in [0.2, 0.25) is 0 Å². The first kappa shape index (κ1) is 20.6. The molecule has 0 aromatic carbocycles. The lowest BCUT2D eigenvalue weighted by atomic mass is 10.1. The molecule has 28 heavy (non-hydrogen) atoms. The largest absolute Gasteiger partial charge is 0.504 e. The Bertz CT molecular complexity index is 1050. The van der Waals surface area contributed by atoms with E-state index in [0.29, 0.717) is 24.1 Å². The number of anilines is 3. The highest BCUT2D eigenvalue weighted by Gasteiger charge is 2.26. The molecule has 0 bridgehead atoms. The molecular formula is C16H21N5O4S3. The number of aromatic hydroxyl groups is 1. The number of aromatic nitrogens is 2. The van der Waals surface area contributed by atoms with Gasteiger partial charge >= 0.3 is 0 Å². The summed E-state index contributed by atoms with van der Waals surface area (Å²) in [6.45, 7) is 4.60. The van der Waals surface area contributed by atoms with E-state index in [1.54, 1.807) is 6.26 Å². The van der Waals surface area contributed by atoms with Crippen LogP contribution in [0.5, 0.6) is 5.75 Å². The lowest BCUT2D eigenvalue weighted by Gasteiger charge is -2.10. The monoisotopic (exact) mass is 443 g/mol. The Morgan fingerprint density at radius 2 is 2.00 bits per heavy atom. The van der Waals surface area contributed by atoms with Gasteiger partial charge in [0.05, 0.1) is 30.2 Å². The predicted octanol–water partition coefficient (Wildman–Crippen LogP) is 3.63. The van der Waals surface area contributed by atoms with Crippen LogP contribution in [0.3, 0.4) is 0 Å². The maximum absolute atomic E-state index is 12.2. The number of thiophene rings is 1. The summed E-state index contributed by atoms with van der Waals surface area (Å²) in [5.74, 6) is 1.67. The molecule has 0 aliphatic heterocycles. The molecule has 152 valence electrons. The highest BCUT2D eigenvalue weighted by molar-refractivity contribution is 7.91. The zero-order chi connectivity index (χ0) is 20.5. The van der Waals surface area contributed by atoms with E-state index in [2.05, 4.69) is 33.2 Å². The van der Waals surface area contributed by atoms with Crippen LogP contribution in [-0.2, 0) is 16.6 Å². The minimum absolute atomic E-state index is 0.130. The van der Waals surface area contributed by atoms with Gasteiger partial charge in [0, 0.05) is 19.5 Å². The molecule has 3 aromatic rings. The van der Waals surface area contributed by atoms with E-state index in [1.807, 2.05) is 6.07 Å². The summed E-state index contributed by atoms with van der Waals surface area (Å²) < 4.78 is 39.3. The van der Waals surface area contributed by atoms with Crippen molar-refractivity contribution in [2.45, 2.75) is 30.5 Å². The molecule has 3 aromatic heterocycles. The SMILES string of the molecule is CC(C)c1coc(CNc2nsnc2Nc2csc(S(=O)(=O)N(C)C)c2O)c1. The number of sulfonamides is 1. The molecule has 3 rings (SSSR count). The Morgan fingerprint density at radius 3 is 2.64 bits per heavy atom. The van der Waals surface area contributed by atoms with E-state index in [0.717, 1.165) is 38.7 Å². The van der Waals surface area contributed by atoms with Gasteiger partial charge in [-0.1, -0.05) is 13.8 Å². The first-order valence-corrected chi connectivity index (χ1v) is 11.4. The number of nitrogens with zero attached hydrogens (tertiary/aromatic N) is 3. The summed E-state index contributed by atoms with van der Waals surface area (Å²) in [5.41, 5.74) is 1.37. The molecule has 0 unspecified atom stereocenters. The molecule has 0 aliphatic carbocycles. The second-order valence-corrected chi connectivity index (χ2v) is 10.3. The molecule has 12 heteroatoms. The van der Waals surface area contributed by atoms with E-state index < -0.39 is 10.0 Å². The van der Waals surface area contributed by atoms with Gasteiger partial charge < -0.3 is 20.2 Å². The fraction of sp³-hybridized carbons (Fsp3) is 0.375. The van der Waals surface area contributed by atoms with Crippen LogP contribution in [0.25, 0.3) is 0 Å². The predicted molar refractivity (Wildman–Crippen MR) is 110 cm³/mol. The highest BCUT2D eigenvalue weighted by atomic mass is 32.2. The van der Waals surface area contributed by atoms with Gasteiger partial charge in [-0.05, 0) is 17.5 Å². The Balaban J connectivity index is 1.73. The topological polar surface area (TPSA) is 121 Å². The summed E-state index contributed by atoms with van der Waals surface area (Å²) in [6.07, 6.45) is 1.73. The van der Waals surface area contributed by atoms with E-state index in [4.69, 9.17) is 4.42 Å². The molecule has 0 amide bonds. The molecule has 0 saturated heterocycles. The summed E-state index contributed by atoms with van der Waals surface area (Å²) in [7, 11) is -0.906. The second kappa shape index (κ2) is 8.07. The second-order valence-electron chi connectivity index (χ2n) is 6.51. The Kier molecular flexibility index (Phi) is 5.93. The van der Waals surface area contributed by atoms with Crippen molar-refractivity contribution in [1.29, 1.82) is 0 Å². The fourth-order valence-corrected chi connectivity index (χ4v) is 5.12. The number of furan rings is 1. The van der Waals surface area contributed by atoms with Gasteiger partial charge in [0.1, 0.15) is 5.76 Å². The minimum Gasteiger partial charge on any atom is -0.504 e. The molecule has 0 radical (unpaired) electrons. The zero-order valence-corrected chi connectivity index (χ0v) is 18.2. The van der Waals surface area contributed by atoms with Crippen LogP contribution in [-0.4, -0.2) is 40.7 Å². The third-order valence-electron chi connectivity index (χ3n) is 3.96. The van der Waals surface area contributed by atoms with Gasteiger partial charge in [-0.2, -0.15) is 8.75 Å². The van der Waals surface area contributed by atoms with Crippen molar-refractivity contribution in [3.8, 4) is 5.75 Å². The lowest BCUT2D eigenvalue weighted by Crippen LogP contribution is -2.21. The highest BCUT2D eigenvalue weighted by Crippen LogP contribution is 2.40. The van der Waals surface area contributed by atoms with Gasteiger partial charge in [0.15, 0.2) is 21.6 Å². The minimum atomic E-state index is -3.73. The maximum Gasteiger partial charge on any atom is 0.255 e. The van der Waals surface area contributed by atoms with Crippen molar-refractivity contribution in [3.63, 3.8) is 0 Å². The molecule has 3 heterocycles. The standard InChI is InChI=1S/C16H21N5O4S3/c1-9(2)10-5-11(25-7-10)6-17-14-15(20-27-19-14)18-12-8-26-16(13(12)22)28(23,24)21(3)4/h5,7-9,22H,6H2,1-4H3,(H,17,19)(H,18,20). The molecule has 0 aliphatic rings. The van der Waals surface area contributed by atoms with Crippen LogP contribution >= 0.6 is 23.1 Å². The number of nitrogens with one attached hydrogen (secondary N) is 2. The quantitative estimate of drug-likeness (QED) is 0.483. The van der Waals surface area contributed by atoms with Gasteiger partial charge in [-0.15, -0.1) is 11.3 Å². The Morgan fingerprint density at radius 1 is 1.29 bits per heavy atom. The summed E-state index contributed by atoms with van der Waals surface area (Å²) in [5, 5.41) is 17.9. The Hall–Kier alpha value is -2.15. The molecular weight excluding hydrogens is 422 g/mol. The van der Waals surface area contributed by atoms with E-state index in [9.17, 15) is 13.5 Å².